The van der Waals surface area contributed by atoms with E-state index in [1.165, 1.54) is 37.7 Å². The second-order valence-electron chi connectivity index (χ2n) is 32.0. The number of fused-ring (bicyclic) bond motifs is 20. The Bertz CT molecular complexity index is 8700. The third-order valence-electron chi connectivity index (χ3n) is 24.7. The number of hydrogen-bond acceptors (Lipinski definition) is 8. The fourth-order valence-corrected chi connectivity index (χ4v) is 19.0. The van der Waals surface area contributed by atoms with Gasteiger partial charge in [0, 0.05) is 132 Å². The summed E-state index contributed by atoms with van der Waals surface area (Å²) in [6.45, 7) is 0. The van der Waals surface area contributed by atoms with Crippen LogP contribution in [0.25, 0.3) is 244 Å². The van der Waals surface area contributed by atoms with Gasteiger partial charge in [-0.05, 0) is 132 Å². The van der Waals surface area contributed by atoms with Gasteiger partial charge in [0.25, 0.3) is 0 Å². The first-order chi connectivity index (χ1) is 62.5. The minimum atomic E-state index is 0.618. The number of nitrogens with zero attached hydrogens (tertiary/aromatic N) is 10. The molecule has 0 fully saturated rings. The van der Waals surface area contributed by atoms with Crippen LogP contribution in [0.2, 0.25) is 0 Å². The van der Waals surface area contributed by atoms with Crippen LogP contribution in [0, 0.1) is 0 Å². The van der Waals surface area contributed by atoms with Gasteiger partial charge in [0.15, 0.2) is 46.1 Å². The summed E-state index contributed by atoms with van der Waals surface area (Å²) >= 11 is 0. The molecule has 0 aliphatic carbocycles. The van der Waals surface area contributed by atoms with E-state index in [0.29, 0.717) is 34.9 Å². The summed E-state index contributed by atoms with van der Waals surface area (Å²) in [7, 11) is 0. The Kier molecular flexibility index (Phi) is 16.7. The monoisotopic (exact) mass is 1610 g/mol. The van der Waals surface area contributed by atoms with Crippen molar-refractivity contribution in [3.05, 3.63) is 425 Å². The zero-order valence-electron chi connectivity index (χ0n) is 67.7. The molecule has 0 saturated carbocycles. The summed E-state index contributed by atoms with van der Waals surface area (Å²) in [5.74, 6) is 3.80. The lowest BCUT2D eigenvalue weighted by molar-refractivity contribution is 0.672. The second kappa shape index (κ2) is 29.3. The quantitative estimate of drug-likeness (QED) is 0.118. The molecule has 18 aromatic carbocycles. The number of benzene rings is 18. The van der Waals surface area contributed by atoms with E-state index in [9.17, 15) is 0 Å². The molecule has 0 spiro atoms. The lowest BCUT2D eigenvalue weighted by atomic mass is 10.00. The molecule has 0 saturated heterocycles. The van der Waals surface area contributed by atoms with Gasteiger partial charge < -0.3 is 27.1 Å². The maximum Gasteiger partial charge on any atom is 0.164 e. The second-order valence-corrected chi connectivity index (χ2v) is 32.0. The van der Waals surface area contributed by atoms with Crippen LogP contribution in [0.15, 0.2) is 433 Å². The smallest absolute Gasteiger partial charge is 0.164 e. The van der Waals surface area contributed by atoms with Crippen LogP contribution in [0.5, 0.6) is 0 Å². The first-order valence-corrected chi connectivity index (χ1v) is 42.4. The van der Waals surface area contributed by atoms with E-state index in [1.54, 1.807) is 0 Å². The summed E-state index contributed by atoms with van der Waals surface area (Å²) < 4.78 is 23.6. The van der Waals surface area contributed by atoms with Crippen LogP contribution < -0.4 is 0 Å². The van der Waals surface area contributed by atoms with E-state index in [4.69, 9.17) is 38.7 Å². The van der Waals surface area contributed by atoms with Crippen molar-refractivity contribution in [1.29, 1.82) is 0 Å². The van der Waals surface area contributed by atoms with Crippen molar-refractivity contribution in [2.75, 3.05) is 0 Å². The fraction of sp³-hybridized carbons (Fsp3) is 0. The minimum absolute atomic E-state index is 0.618. The molecule has 0 amide bonds. The van der Waals surface area contributed by atoms with Gasteiger partial charge in [-0.15, -0.1) is 0 Å². The van der Waals surface area contributed by atoms with Crippen LogP contribution in [-0.2, 0) is 0 Å². The summed E-state index contributed by atoms with van der Waals surface area (Å²) in [4.78, 5) is 29.8. The Hall–Kier alpha value is -17.2. The Morgan fingerprint density at radius 3 is 0.810 bits per heavy atom. The zero-order chi connectivity index (χ0) is 82.9. The van der Waals surface area contributed by atoms with Crippen molar-refractivity contribution in [3.63, 3.8) is 0 Å². The molecule has 0 atom stereocenters. The van der Waals surface area contributed by atoms with E-state index < -0.39 is 0 Å². The highest BCUT2D eigenvalue weighted by Gasteiger charge is 2.26. The van der Waals surface area contributed by atoms with Crippen molar-refractivity contribution in [2.24, 2.45) is 0 Å². The Morgan fingerprint density at radius 1 is 0.151 bits per heavy atom. The molecule has 0 aliphatic heterocycles. The lowest BCUT2D eigenvalue weighted by Crippen LogP contribution is -2.01. The van der Waals surface area contributed by atoms with Crippen LogP contribution in [0.4, 0.5) is 0 Å². The summed E-state index contributed by atoms with van der Waals surface area (Å²) in [6, 6.07) is 149. The van der Waals surface area contributed by atoms with Crippen LogP contribution >= 0.6 is 0 Å². The third kappa shape index (κ3) is 11.8. The Labute approximate surface area is 721 Å². The minimum Gasteiger partial charge on any atom is -0.453 e. The maximum atomic E-state index is 7.10. The van der Waals surface area contributed by atoms with Crippen molar-refractivity contribution >= 4 is 131 Å². The molecule has 0 aliphatic rings. The number of hydrogen-bond donors (Lipinski definition) is 0. The Morgan fingerprint density at radius 2 is 0.413 bits per heavy atom. The average Bonchev–Trinajstić information content (AvgIpc) is 1.56. The maximum absolute atomic E-state index is 7.10. The SMILES string of the molecule is c1ccc(-c2nc(-c3ccccc3)nc(-c3ccc(-n4c5ccccc5c5cc(-c6cccc7c6oc6c7ccc7c8ccccc8n(-c8ccccc8)c76)ccc54)cc3)n2)cc1.c1ccc(-c2nc(-c3ccccc3)nc(-c3cccc(-n4c5ccccc5c5cc(-c6cccc7c6oc6c7ccc7c8ccccc8n(-c8ccccc8)c76)ccc54)c3)n2)cc1. The highest BCUT2D eigenvalue weighted by molar-refractivity contribution is 6.25. The van der Waals surface area contributed by atoms with Gasteiger partial charge in [-0.2, -0.15) is 0 Å². The molecular weight excluding hydrogens is 1540 g/mol. The largest absolute Gasteiger partial charge is 0.453 e. The van der Waals surface area contributed by atoms with Gasteiger partial charge in [0.1, 0.15) is 11.2 Å². The first-order valence-electron chi connectivity index (χ1n) is 42.4. The van der Waals surface area contributed by atoms with E-state index in [-0.39, 0.29) is 0 Å². The molecule has 26 aromatic rings. The number of aromatic nitrogens is 10. The predicted octanol–water partition coefficient (Wildman–Crippen LogP) is 29.3. The topological polar surface area (TPSA) is 123 Å². The molecule has 126 heavy (non-hydrogen) atoms. The number of rotatable bonds is 12. The Balaban J connectivity index is 0.000000137. The van der Waals surface area contributed by atoms with E-state index in [1.807, 2.05) is 121 Å². The molecule has 8 aromatic heterocycles. The zero-order valence-corrected chi connectivity index (χ0v) is 67.7. The number of para-hydroxylation sites is 8. The predicted molar refractivity (Wildman–Crippen MR) is 515 cm³/mol. The normalized spacial score (nSPS) is 11.8. The van der Waals surface area contributed by atoms with Crippen molar-refractivity contribution in [1.82, 2.24) is 48.2 Å². The molecule has 12 nitrogen and oxygen atoms in total. The van der Waals surface area contributed by atoms with Crippen LogP contribution in [-0.4, -0.2) is 48.2 Å². The van der Waals surface area contributed by atoms with Crippen molar-refractivity contribution in [2.45, 2.75) is 0 Å². The van der Waals surface area contributed by atoms with Gasteiger partial charge in [-0.1, -0.05) is 303 Å². The van der Waals surface area contributed by atoms with Crippen molar-refractivity contribution < 1.29 is 8.83 Å². The molecule has 0 unspecified atom stereocenters. The first kappa shape index (κ1) is 71.7. The molecule has 588 valence electrons. The summed E-state index contributed by atoms with van der Waals surface area (Å²) in [5.41, 5.74) is 26.7. The molecule has 12 heteroatoms. The highest BCUT2D eigenvalue weighted by Crippen LogP contribution is 2.48. The van der Waals surface area contributed by atoms with Gasteiger partial charge in [0.05, 0.1) is 44.1 Å². The number of furan rings is 2. The van der Waals surface area contributed by atoms with Gasteiger partial charge in [0.2, 0.25) is 0 Å². The molecule has 0 N–H and O–H groups in total. The van der Waals surface area contributed by atoms with E-state index in [0.717, 1.165) is 172 Å². The summed E-state index contributed by atoms with van der Waals surface area (Å²) in [5, 5.41) is 13.8. The van der Waals surface area contributed by atoms with Crippen LogP contribution in [0.1, 0.15) is 0 Å². The van der Waals surface area contributed by atoms with Gasteiger partial charge in [-0.25, -0.2) is 29.9 Å². The highest BCUT2D eigenvalue weighted by atomic mass is 16.3. The molecule has 26 rings (SSSR count). The summed E-state index contributed by atoms with van der Waals surface area (Å²) in [6.07, 6.45) is 0. The van der Waals surface area contributed by atoms with Crippen molar-refractivity contribution in [3.8, 4) is 113 Å². The lowest BCUT2D eigenvalue weighted by Gasteiger charge is -2.12. The van der Waals surface area contributed by atoms with Gasteiger partial charge in [-0.3, -0.25) is 0 Å². The fourth-order valence-electron chi connectivity index (χ4n) is 19.0. The standard InChI is InChI=1S/2C57H35N5O/c1-4-16-36(17-5-1)55-58-56(37-18-6-2-7-19-37)60-57(59-55)39-20-14-23-41(34-39)61-49-28-12-11-25-44(49)48-35-38(30-33-51(48)61)42-26-15-27-46-47-32-31-45-43-24-10-13-29-50(43)62(40-21-8-3-9-22-40)52(45)54(47)63-53(42)46;1-4-15-36(16-5-1)55-58-56(37-17-6-2-7-18-37)60-57(59-55)38-27-30-41(31-28-38)61-49-25-12-11-22-44(49)48-35-39(29-34-51(48)61)42-23-14-24-46-47-33-32-45-43-21-10-13-26-50(43)62(40-19-8-3-9-20-40)52(45)54(47)63-53(42)46/h2*1-35H. The third-order valence-corrected chi connectivity index (χ3v) is 24.7. The molecule has 8 heterocycles. The van der Waals surface area contributed by atoms with E-state index >= 15 is 0 Å². The average molecular weight is 1610 g/mol. The van der Waals surface area contributed by atoms with E-state index in [2.05, 4.69) is 322 Å². The van der Waals surface area contributed by atoms with Crippen LogP contribution in [0.3, 0.4) is 0 Å². The molecular formula is C114H70N10O2. The molecule has 0 bridgehead atoms. The molecule has 0 radical (unpaired) electrons. The van der Waals surface area contributed by atoms with Gasteiger partial charge >= 0.3 is 0 Å².